The first-order chi connectivity index (χ1) is 9.63. The van der Waals surface area contributed by atoms with Crippen LogP contribution in [-0.4, -0.2) is 42.5 Å². The Kier molecular flexibility index (Phi) is 5.66. The largest absolute Gasteiger partial charge is 0.370 e. The second kappa shape index (κ2) is 7.27. The highest BCUT2D eigenvalue weighted by Crippen LogP contribution is 2.31. The highest BCUT2D eigenvalue weighted by molar-refractivity contribution is 8.00. The molecule has 0 saturated carbocycles. The van der Waals surface area contributed by atoms with E-state index in [2.05, 4.69) is 37.0 Å². The van der Waals surface area contributed by atoms with Crippen LogP contribution in [-0.2, 0) is 0 Å². The Labute approximate surface area is 130 Å². The van der Waals surface area contributed by atoms with Gasteiger partial charge in [0.15, 0.2) is 5.96 Å². The summed E-state index contributed by atoms with van der Waals surface area (Å²) < 4.78 is 0. The van der Waals surface area contributed by atoms with Crippen LogP contribution in [0.2, 0.25) is 0 Å². The van der Waals surface area contributed by atoms with E-state index in [4.69, 9.17) is 5.73 Å². The number of hydrogen-bond acceptors (Lipinski definition) is 5. The number of nitrogens with zero attached hydrogens (tertiary/aromatic N) is 2. The monoisotopic (exact) mass is 309 g/mol. The van der Waals surface area contributed by atoms with Crippen LogP contribution in [0.1, 0.15) is 25.3 Å². The van der Waals surface area contributed by atoms with E-state index in [9.17, 15) is 0 Å². The molecule has 1 aromatic rings. The summed E-state index contributed by atoms with van der Waals surface area (Å²) in [5, 5.41) is 0. The maximum Gasteiger partial charge on any atom is 0.191 e. The highest BCUT2D eigenvalue weighted by atomic mass is 32.2. The maximum atomic E-state index is 5.84. The third-order valence-electron chi connectivity index (χ3n) is 3.35. The normalized spacial score (nSPS) is 19.1. The summed E-state index contributed by atoms with van der Waals surface area (Å²) in [7, 11) is 2.01. The van der Waals surface area contributed by atoms with Crippen LogP contribution in [0, 0.1) is 0 Å². The van der Waals surface area contributed by atoms with Gasteiger partial charge in [-0.1, -0.05) is 13.8 Å². The van der Waals surface area contributed by atoms with E-state index >= 15 is 0 Å². The Morgan fingerprint density at radius 3 is 2.30 bits per heavy atom. The lowest BCUT2D eigenvalue weighted by atomic mass is 9.98. The minimum Gasteiger partial charge on any atom is -0.370 e. The van der Waals surface area contributed by atoms with Gasteiger partial charge in [-0.05, 0) is 35.3 Å². The van der Waals surface area contributed by atoms with E-state index in [1.54, 1.807) is 0 Å². The fourth-order valence-electron chi connectivity index (χ4n) is 2.35. The standard InChI is InChI=1S/C15H23N3S2/c1-4-19-13-6-11(7-14(8-13)20-5-2)12-9-17-15(16)18(3)10-12/h6-8,12H,4-5,9-10H2,1-3H3,(H2,16,17). The van der Waals surface area contributed by atoms with E-state index in [1.165, 1.54) is 15.4 Å². The van der Waals surface area contributed by atoms with Crippen LogP contribution in [0.25, 0.3) is 0 Å². The summed E-state index contributed by atoms with van der Waals surface area (Å²) in [6, 6.07) is 6.95. The van der Waals surface area contributed by atoms with Crippen molar-refractivity contribution in [2.45, 2.75) is 29.6 Å². The van der Waals surface area contributed by atoms with E-state index in [0.717, 1.165) is 24.6 Å². The third kappa shape index (κ3) is 3.85. The summed E-state index contributed by atoms with van der Waals surface area (Å²) in [4.78, 5) is 9.20. The molecule has 1 unspecified atom stereocenters. The van der Waals surface area contributed by atoms with E-state index in [-0.39, 0.29) is 0 Å². The average molecular weight is 310 g/mol. The molecule has 1 aliphatic rings. The first-order valence-electron chi connectivity index (χ1n) is 7.05. The molecular weight excluding hydrogens is 286 g/mol. The Morgan fingerprint density at radius 2 is 1.80 bits per heavy atom. The SMILES string of the molecule is CCSc1cc(SCC)cc(C2CN=C(N)N(C)C2)c1. The molecule has 20 heavy (non-hydrogen) atoms. The summed E-state index contributed by atoms with van der Waals surface area (Å²) >= 11 is 3.81. The number of thioether (sulfide) groups is 2. The summed E-state index contributed by atoms with van der Waals surface area (Å²) in [6.07, 6.45) is 0. The minimum absolute atomic E-state index is 0.445. The van der Waals surface area contributed by atoms with Crippen LogP contribution in [0.3, 0.4) is 0 Å². The van der Waals surface area contributed by atoms with Crippen molar-refractivity contribution in [2.75, 3.05) is 31.6 Å². The van der Waals surface area contributed by atoms with Crippen LogP contribution < -0.4 is 5.73 Å². The Hall–Kier alpha value is -0.810. The average Bonchev–Trinajstić information content (AvgIpc) is 2.42. The number of hydrogen-bond donors (Lipinski definition) is 1. The molecule has 1 atom stereocenters. The van der Waals surface area contributed by atoms with Gasteiger partial charge in [-0.2, -0.15) is 0 Å². The predicted octanol–water partition coefficient (Wildman–Crippen LogP) is 3.25. The summed E-state index contributed by atoms with van der Waals surface area (Å²) in [5.74, 6) is 3.31. The molecule has 110 valence electrons. The van der Waals surface area contributed by atoms with Crippen LogP contribution in [0.15, 0.2) is 33.0 Å². The van der Waals surface area contributed by atoms with Crippen molar-refractivity contribution < 1.29 is 0 Å². The number of rotatable bonds is 5. The van der Waals surface area contributed by atoms with Gasteiger partial charge in [0.2, 0.25) is 0 Å². The molecule has 0 amide bonds. The zero-order valence-electron chi connectivity index (χ0n) is 12.4. The molecule has 2 rings (SSSR count). The van der Waals surface area contributed by atoms with Crippen LogP contribution in [0.4, 0.5) is 0 Å². The van der Waals surface area contributed by atoms with Gasteiger partial charge in [-0.25, -0.2) is 0 Å². The lowest BCUT2D eigenvalue weighted by molar-refractivity contribution is 0.421. The topological polar surface area (TPSA) is 41.6 Å². The number of aliphatic imine (C=N–C) groups is 1. The molecule has 0 aromatic heterocycles. The van der Waals surface area contributed by atoms with Crippen molar-refractivity contribution in [3.05, 3.63) is 23.8 Å². The Balaban J connectivity index is 2.25. The number of guanidine groups is 1. The van der Waals surface area contributed by atoms with Crippen molar-refractivity contribution in [3.63, 3.8) is 0 Å². The summed E-state index contributed by atoms with van der Waals surface area (Å²) in [5.41, 5.74) is 7.23. The van der Waals surface area contributed by atoms with Crippen molar-refractivity contribution in [3.8, 4) is 0 Å². The van der Waals surface area contributed by atoms with Gasteiger partial charge in [-0.15, -0.1) is 23.5 Å². The van der Waals surface area contributed by atoms with Gasteiger partial charge in [0.1, 0.15) is 0 Å². The maximum absolute atomic E-state index is 5.84. The molecule has 2 N–H and O–H groups in total. The quantitative estimate of drug-likeness (QED) is 0.848. The van der Waals surface area contributed by atoms with Crippen molar-refractivity contribution >= 4 is 29.5 Å². The first-order valence-corrected chi connectivity index (χ1v) is 9.02. The van der Waals surface area contributed by atoms with Crippen molar-refractivity contribution in [1.29, 1.82) is 0 Å². The van der Waals surface area contributed by atoms with E-state index < -0.39 is 0 Å². The molecule has 0 saturated heterocycles. The van der Waals surface area contributed by atoms with Crippen molar-refractivity contribution in [2.24, 2.45) is 10.7 Å². The number of nitrogens with two attached hydrogens (primary N) is 1. The second-order valence-corrected chi connectivity index (χ2v) is 7.55. The molecule has 0 radical (unpaired) electrons. The second-order valence-electron chi connectivity index (χ2n) is 4.88. The van der Waals surface area contributed by atoms with Gasteiger partial charge in [0, 0.05) is 29.3 Å². The van der Waals surface area contributed by atoms with Crippen molar-refractivity contribution in [1.82, 2.24) is 4.90 Å². The van der Waals surface area contributed by atoms with Gasteiger partial charge in [0.25, 0.3) is 0 Å². The fraction of sp³-hybridized carbons (Fsp3) is 0.533. The fourth-order valence-corrected chi connectivity index (χ4v) is 3.95. The van der Waals surface area contributed by atoms with E-state index in [0.29, 0.717) is 11.9 Å². The lowest BCUT2D eigenvalue weighted by Crippen LogP contribution is -2.41. The van der Waals surface area contributed by atoms with Gasteiger partial charge < -0.3 is 10.6 Å². The zero-order valence-corrected chi connectivity index (χ0v) is 14.1. The van der Waals surface area contributed by atoms with Crippen LogP contribution in [0.5, 0.6) is 0 Å². The van der Waals surface area contributed by atoms with Gasteiger partial charge in [0.05, 0.1) is 6.54 Å². The number of likely N-dealkylation sites (N-methyl/N-ethyl adjacent to an activating group) is 1. The molecule has 1 heterocycles. The van der Waals surface area contributed by atoms with Gasteiger partial charge in [-0.3, -0.25) is 4.99 Å². The zero-order chi connectivity index (χ0) is 14.5. The smallest absolute Gasteiger partial charge is 0.191 e. The lowest BCUT2D eigenvalue weighted by Gasteiger charge is -2.29. The van der Waals surface area contributed by atoms with E-state index in [1.807, 2.05) is 35.5 Å². The minimum atomic E-state index is 0.445. The van der Waals surface area contributed by atoms with Crippen LogP contribution >= 0.6 is 23.5 Å². The van der Waals surface area contributed by atoms with Gasteiger partial charge >= 0.3 is 0 Å². The molecule has 5 heteroatoms. The summed E-state index contributed by atoms with van der Waals surface area (Å²) in [6.45, 7) is 6.14. The highest BCUT2D eigenvalue weighted by Gasteiger charge is 2.20. The Morgan fingerprint density at radius 1 is 1.20 bits per heavy atom. The molecule has 0 fully saturated rings. The molecule has 0 spiro atoms. The molecule has 0 bridgehead atoms. The Bertz CT molecular complexity index is 464. The third-order valence-corrected chi connectivity index (χ3v) is 5.07. The molecule has 1 aromatic carbocycles. The molecule has 1 aliphatic heterocycles. The molecule has 0 aliphatic carbocycles. The predicted molar refractivity (Wildman–Crippen MR) is 91.1 cm³/mol. The first kappa shape index (κ1) is 15.6. The number of benzene rings is 1. The molecular formula is C15H23N3S2. The molecule has 3 nitrogen and oxygen atoms in total.